The van der Waals surface area contributed by atoms with Crippen LogP contribution in [0, 0.1) is 17.3 Å². The fourth-order valence-corrected chi connectivity index (χ4v) is 5.42. The molecular weight excluding hydrogens is 276 g/mol. The Morgan fingerprint density at radius 1 is 1.05 bits per heavy atom. The molecule has 1 heterocycles. The third kappa shape index (κ3) is 1.49. The molecule has 0 aromatic rings. The van der Waals surface area contributed by atoms with Gasteiger partial charge in [-0.3, -0.25) is 0 Å². The van der Waals surface area contributed by atoms with Crippen LogP contribution in [0.2, 0.25) is 0 Å². The van der Waals surface area contributed by atoms with Crippen molar-refractivity contribution in [3.8, 4) is 0 Å². The number of aliphatic hydroxyl groups excluding tert-OH is 5. The summed E-state index contributed by atoms with van der Waals surface area (Å²) in [6.45, 7) is 4.90. The second-order valence-corrected chi connectivity index (χ2v) is 7.60. The van der Waals surface area contributed by atoms with Gasteiger partial charge in [-0.2, -0.15) is 0 Å². The van der Waals surface area contributed by atoms with Gasteiger partial charge < -0.3 is 30.3 Å². The van der Waals surface area contributed by atoms with Crippen molar-refractivity contribution in [1.29, 1.82) is 0 Å². The second-order valence-electron chi connectivity index (χ2n) is 7.60. The number of rotatable bonds is 1. The molecule has 8 atom stereocenters. The number of aliphatic hydroxyl groups is 5. The monoisotopic (exact) mass is 302 g/mol. The zero-order valence-electron chi connectivity index (χ0n) is 12.7. The Balaban J connectivity index is 2.26. The number of hydrogen-bond acceptors (Lipinski definition) is 6. The summed E-state index contributed by atoms with van der Waals surface area (Å²) in [5.74, 6) is -0.797. The average molecular weight is 302 g/mol. The quantitative estimate of drug-likeness (QED) is 0.426. The van der Waals surface area contributed by atoms with Gasteiger partial charge in [0.1, 0.15) is 5.60 Å². The highest BCUT2D eigenvalue weighted by Gasteiger charge is 2.79. The van der Waals surface area contributed by atoms with Crippen molar-refractivity contribution in [2.75, 3.05) is 6.61 Å². The lowest BCUT2D eigenvalue weighted by atomic mass is 9.48. The average Bonchev–Trinajstić information content (AvgIpc) is 2.58. The minimum Gasteiger partial charge on any atom is -0.395 e. The Morgan fingerprint density at radius 3 is 2.24 bits per heavy atom. The minimum atomic E-state index is -1.46. The molecule has 0 radical (unpaired) electrons. The molecule has 5 N–H and O–H groups in total. The molecular formula is C15H26O6. The molecule has 3 rings (SSSR count). The van der Waals surface area contributed by atoms with Gasteiger partial charge in [0.05, 0.1) is 42.0 Å². The van der Waals surface area contributed by atoms with Crippen molar-refractivity contribution in [3.05, 3.63) is 0 Å². The van der Waals surface area contributed by atoms with E-state index >= 15 is 0 Å². The van der Waals surface area contributed by atoms with Gasteiger partial charge in [0.15, 0.2) is 0 Å². The van der Waals surface area contributed by atoms with Crippen LogP contribution in [0.3, 0.4) is 0 Å². The molecule has 3 fully saturated rings. The molecule has 21 heavy (non-hydrogen) atoms. The summed E-state index contributed by atoms with van der Waals surface area (Å²) >= 11 is 0. The summed E-state index contributed by atoms with van der Waals surface area (Å²) in [5.41, 5.74) is -3.55. The summed E-state index contributed by atoms with van der Waals surface area (Å²) in [6, 6.07) is 0. The standard InChI is InChI=1S/C15H26O6/c1-7-4-5-8(17)14(6-16)12(20)10(18)9-11(19)15(7,14)21-13(9,2)3/h7-12,16-20H,4-6H2,1-3H3/t7-,8+,9-,10+,11-,12+,14?,15-/m0/s1. The summed E-state index contributed by atoms with van der Waals surface area (Å²) in [6.07, 6.45) is -3.64. The van der Waals surface area contributed by atoms with Crippen molar-refractivity contribution in [3.63, 3.8) is 0 Å². The normalized spacial score (nSPS) is 58.9. The van der Waals surface area contributed by atoms with Crippen molar-refractivity contribution in [2.45, 2.75) is 69.2 Å². The van der Waals surface area contributed by atoms with Crippen LogP contribution in [0.15, 0.2) is 0 Å². The lowest BCUT2D eigenvalue weighted by molar-refractivity contribution is -0.310. The Morgan fingerprint density at radius 2 is 1.67 bits per heavy atom. The summed E-state index contributed by atoms with van der Waals surface area (Å²) in [4.78, 5) is 0. The smallest absolute Gasteiger partial charge is 0.111 e. The van der Waals surface area contributed by atoms with E-state index in [-0.39, 0.29) is 5.92 Å². The maximum Gasteiger partial charge on any atom is 0.111 e. The first kappa shape index (κ1) is 15.6. The van der Waals surface area contributed by atoms with E-state index in [0.717, 1.165) is 0 Å². The zero-order valence-corrected chi connectivity index (χ0v) is 12.7. The first-order valence-electron chi connectivity index (χ1n) is 7.70. The number of hydrogen-bond donors (Lipinski definition) is 5. The first-order valence-corrected chi connectivity index (χ1v) is 7.70. The van der Waals surface area contributed by atoms with Gasteiger partial charge in [-0.05, 0) is 32.6 Å². The molecule has 6 heteroatoms. The molecule has 2 bridgehead atoms. The number of fused-ring (bicyclic) bond motifs is 1. The van der Waals surface area contributed by atoms with E-state index in [1.807, 2.05) is 6.92 Å². The summed E-state index contributed by atoms with van der Waals surface area (Å²) in [5, 5.41) is 52.6. The Labute approximate surface area is 124 Å². The third-order valence-electron chi connectivity index (χ3n) is 6.42. The van der Waals surface area contributed by atoms with Crippen molar-refractivity contribution in [2.24, 2.45) is 17.3 Å². The highest BCUT2D eigenvalue weighted by atomic mass is 16.6. The molecule has 0 aromatic heterocycles. The van der Waals surface area contributed by atoms with E-state index in [1.165, 1.54) is 0 Å². The van der Waals surface area contributed by atoms with E-state index in [2.05, 4.69) is 0 Å². The summed E-state index contributed by atoms with van der Waals surface area (Å²) in [7, 11) is 0. The molecule has 1 unspecified atom stereocenters. The Hall–Kier alpha value is -0.240. The van der Waals surface area contributed by atoms with E-state index in [9.17, 15) is 25.5 Å². The maximum absolute atomic E-state index is 10.9. The maximum atomic E-state index is 10.9. The summed E-state index contributed by atoms with van der Waals surface area (Å²) < 4.78 is 6.20. The van der Waals surface area contributed by atoms with Gasteiger partial charge in [-0.1, -0.05) is 6.92 Å². The fourth-order valence-electron chi connectivity index (χ4n) is 5.42. The van der Waals surface area contributed by atoms with Gasteiger partial charge in [-0.15, -0.1) is 0 Å². The van der Waals surface area contributed by atoms with Gasteiger partial charge in [-0.25, -0.2) is 0 Å². The molecule has 1 saturated heterocycles. The molecule has 2 saturated carbocycles. The predicted molar refractivity (Wildman–Crippen MR) is 73.3 cm³/mol. The minimum absolute atomic E-state index is 0.144. The van der Waals surface area contributed by atoms with Gasteiger partial charge in [0, 0.05) is 5.92 Å². The second kappa shape index (κ2) is 4.40. The molecule has 0 amide bonds. The highest BCUT2D eigenvalue weighted by Crippen LogP contribution is 2.65. The van der Waals surface area contributed by atoms with Gasteiger partial charge in [0.25, 0.3) is 0 Å². The first-order chi connectivity index (χ1) is 9.66. The molecule has 0 aromatic carbocycles. The Bertz CT molecular complexity index is 440. The lowest BCUT2D eigenvalue weighted by Gasteiger charge is -2.62. The van der Waals surface area contributed by atoms with Crippen molar-refractivity contribution < 1.29 is 30.3 Å². The van der Waals surface area contributed by atoms with Crippen LogP contribution in [0.1, 0.15) is 33.6 Å². The van der Waals surface area contributed by atoms with E-state index in [4.69, 9.17) is 4.74 Å². The zero-order chi connectivity index (χ0) is 15.8. The van der Waals surface area contributed by atoms with Crippen molar-refractivity contribution in [1.82, 2.24) is 0 Å². The molecule has 6 nitrogen and oxygen atoms in total. The Kier molecular flexibility index (Phi) is 3.28. The predicted octanol–water partition coefficient (Wildman–Crippen LogP) is -0.984. The van der Waals surface area contributed by atoms with E-state index < -0.39 is 53.6 Å². The van der Waals surface area contributed by atoms with Crippen LogP contribution >= 0.6 is 0 Å². The van der Waals surface area contributed by atoms with Gasteiger partial charge >= 0.3 is 0 Å². The van der Waals surface area contributed by atoms with Crippen LogP contribution in [-0.4, -0.2) is 67.8 Å². The molecule has 3 aliphatic rings. The molecule has 2 aliphatic carbocycles. The molecule has 1 aliphatic heterocycles. The fraction of sp³-hybridized carbons (Fsp3) is 1.00. The third-order valence-corrected chi connectivity index (χ3v) is 6.42. The lowest BCUT2D eigenvalue weighted by Crippen LogP contribution is -2.77. The van der Waals surface area contributed by atoms with E-state index in [1.54, 1.807) is 13.8 Å². The van der Waals surface area contributed by atoms with Crippen LogP contribution in [0.5, 0.6) is 0 Å². The molecule has 1 spiro atoms. The SMILES string of the molecule is C[C@H]1CC[C@@H](O)C2(CO)[C@H](O)[C@H](O)[C@H]3[C@H](O)[C@@]12OC3(C)C. The topological polar surface area (TPSA) is 110 Å². The van der Waals surface area contributed by atoms with Crippen LogP contribution in [0.25, 0.3) is 0 Å². The van der Waals surface area contributed by atoms with Crippen molar-refractivity contribution >= 4 is 0 Å². The van der Waals surface area contributed by atoms with Crippen LogP contribution in [0.4, 0.5) is 0 Å². The number of ether oxygens (including phenoxy) is 1. The van der Waals surface area contributed by atoms with Crippen LogP contribution < -0.4 is 0 Å². The highest BCUT2D eigenvalue weighted by molar-refractivity contribution is 5.27. The van der Waals surface area contributed by atoms with E-state index in [0.29, 0.717) is 12.8 Å². The van der Waals surface area contributed by atoms with Gasteiger partial charge in [0.2, 0.25) is 0 Å². The largest absolute Gasteiger partial charge is 0.395 e. The van der Waals surface area contributed by atoms with Crippen LogP contribution in [-0.2, 0) is 4.74 Å². The molecule has 122 valence electrons.